The molecule has 0 bridgehead atoms. The zero-order valence-electron chi connectivity index (χ0n) is 12.2. The van der Waals surface area contributed by atoms with Crippen LogP contribution in [0.4, 0.5) is 8.78 Å². The summed E-state index contributed by atoms with van der Waals surface area (Å²) in [6.45, 7) is 6.34. The van der Waals surface area contributed by atoms with E-state index >= 15 is 0 Å². The number of benzene rings is 1. The van der Waals surface area contributed by atoms with E-state index in [9.17, 15) is 8.78 Å². The Morgan fingerprint density at radius 1 is 1.18 bits per heavy atom. The van der Waals surface area contributed by atoms with E-state index in [-0.39, 0.29) is 18.3 Å². The summed E-state index contributed by atoms with van der Waals surface area (Å²) in [5.41, 5.74) is 1.14. The van der Waals surface area contributed by atoms with Gasteiger partial charge in [0.1, 0.15) is 17.4 Å². The summed E-state index contributed by atoms with van der Waals surface area (Å²) in [7, 11) is 0. The first kappa shape index (κ1) is 16.9. The Bertz CT molecular complexity index is 621. The normalized spacial score (nSPS) is 15.6. The Morgan fingerprint density at radius 3 is 2.45 bits per heavy atom. The average Bonchev–Trinajstić information content (AvgIpc) is 2.80. The quantitative estimate of drug-likeness (QED) is 0.940. The van der Waals surface area contributed by atoms with Gasteiger partial charge in [0, 0.05) is 44.4 Å². The topological polar surface area (TPSA) is 41.3 Å². The van der Waals surface area contributed by atoms with Gasteiger partial charge in [0.05, 0.1) is 5.69 Å². The molecule has 2 aromatic rings. The summed E-state index contributed by atoms with van der Waals surface area (Å²) >= 11 is 0. The van der Waals surface area contributed by atoms with Gasteiger partial charge in [-0.05, 0) is 19.1 Å². The van der Waals surface area contributed by atoms with E-state index in [1.54, 1.807) is 0 Å². The van der Waals surface area contributed by atoms with Crippen LogP contribution in [0.15, 0.2) is 22.6 Å². The van der Waals surface area contributed by atoms with Crippen molar-refractivity contribution in [3.63, 3.8) is 0 Å². The molecule has 4 nitrogen and oxygen atoms in total. The van der Waals surface area contributed by atoms with E-state index in [0.29, 0.717) is 17.9 Å². The van der Waals surface area contributed by atoms with E-state index in [0.717, 1.165) is 37.9 Å². The number of piperazine rings is 1. The van der Waals surface area contributed by atoms with Crippen molar-refractivity contribution in [1.29, 1.82) is 0 Å². The van der Waals surface area contributed by atoms with Gasteiger partial charge in [-0.15, -0.1) is 12.4 Å². The second kappa shape index (κ2) is 7.17. The van der Waals surface area contributed by atoms with E-state index in [1.807, 2.05) is 6.92 Å². The number of nitrogens with zero attached hydrogens (tertiary/aromatic N) is 2. The molecule has 1 aliphatic rings. The van der Waals surface area contributed by atoms with Crippen molar-refractivity contribution in [3.05, 3.63) is 41.3 Å². The van der Waals surface area contributed by atoms with Crippen molar-refractivity contribution in [2.75, 3.05) is 26.2 Å². The molecule has 3 rings (SSSR count). The molecule has 2 heterocycles. The molecule has 0 unspecified atom stereocenters. The van der Waals surface area contributed by atoms with Gasteiger partial charge in [-0.25, -0.2) is 13.8 Å². The van der Waals surface area contributed by atoms with E-state index in [4.69, 9.17) is 4.42 Å². The molecule has 0 aliphatic carbocycles. The highest BCUT2D eigenvalue weighted by atomic mass is 35.5. The summed E-state index contributed by atoms with van der Waals surface area (Å²) in [5.74, 6) is -0.321. The fraction of sp³-hybridized carbons (Fsp3) is 0.400. The lowest BCUT2D eigenvalue weighted by Crippen LogP contribution is -2.43. The lowest BCUT2D eigenvalue weighted by atomic mass is 10.2. The number of aromatic nitrogens is 1. The zero-order valence-corrected chi connectivity index (χ0v) is 13.1. The Morgan fingerprint density at radius 2 is 1.82 bits per heavy atom. The average molecular weight is 330 g/mol. The molecule has 0 saturated carbocycles. The van der Waals surface area contributed by atoms with E-state index < -0.39 is 11.6 Å². The highest BCUT2D eigenvalue weighted by Crippen LogP contribution is 2.24. The van der Waals surface area contributed by atoms with Gasteiger partial charge in [-0.2, -0.15) is 0 Å². The number of rotatable bonds is 3. The maximum Gasteiger partial charge on any atom is 0.226 e. The SMILES string of the molecule is Cc1oc(-c2cc(F)cc(F)c2)nc1CN1CCNCC1.Cl. The van der Waals surface area contributed by atoms with Gasteiger partial charge in [0.15, 0.2) is 0 Å². The van der Waals surface area contributed by atoms with Gasteiger partial charge in [-0.1, -0.05) is 0 Å². The molecular formula is C15H18ClF2N3O. The molecule has 1 N–H and O–H groups in total. The molecule has 1 aromatic carbocycles. The number of oxazole rings is 1. The first-order chi connectivity index (χ1) is 10.1. The fourth-order valence-electron chi connectivity index (χ4n) is 2.46. The van der Waals surface area contributed by atoms with Crippen LogP contribution in [0, 0.1) is 18.6 Å². The van der Waals surface area contributed by atoms with Crippen LogP contribution < -0.4 is 5.32 Å². The number of nitrogens with one attached hydrogen (secondary N) is 1. The van der Waals surface area contributed by atoms with Crippen LogP contribution >= 0.6 is 12.4 Å². The van der Waals surface area contributed by atoms with Gasteiger partial charge >= 0.3 is 0 Å². The number of halogens is 3. The van der Waals surface area contributed by atoms with Gasteiger partial charge in [-0.3, -0.25) is 4.90 Å². The molecule has 1 aliphatic heterocycles. The van der Waals surface area contributed by atoms with Crippen LogP contribution in [-0.2, 0) is 6.54 Å². The van der Waals surface area contributed by atoms with Crippen molar-refractivity contribution in [2.24, 2.45) is 0 Å². The minimum atomic E-state index is -0.635. The predicted octanol–water partition coefficient (Wildman–Crippen LogP) is 2.76. The molecular weight excluding hydrogens is 312 g/mol. The third-order valence-corrected chi connectivity index (χ3v) is 3.59. The van der Waals surface area contributed by atoms with Crippen molar-refractivity contribution >= 4 is 12.4 Å². The van der Waals surface area contributed by atoms with Crippen molar-refractivity contribution in [1.82, 2.24) is 15.2 Å². The molecule has 7 heteroatoms. The van der Waals surface area contributed by atoms with Crippen LogP contribution in [0.1, 0.15) is 11.5 Å². The summed E-state index contributed by atoms with van der Waals surface area (Å²) in [4.78, 5) is 6.67. The van der Waals surface area contributed by atoms with Crippen molar-refractivity contribution in [3.8, 4) is 11.5 Å². The summed E-state index contributed by atoms with van der Waals surface area (Å²) in [6.07, 6.45) is 0. The first-order valence-corrected chi connectivity index (χ1v) is 6.97. The van der Waals surface area contributed by atoms with Gasteiger partial charge in [0.2, 0.25) is 5.89 Å². The highest BCUT2D eigenvalue weighted by molar-refractivity contribution is 5.85. The zero-order chi connectivity index (χ0) is 14.8. The molecule has 1 saturated heterocycles. The smallest absolute Gasteiger partial charge is 0.226 e. The van der Waals surface area contributed by atoms with E-state index in [1.165, 1.54) is 12.1 Å². The lowest BCUT2D eigenvalue weighted by molar-refractivity contribution is 0.230. The molecule has 1 fully saturated rings. The second-order valence-corrected chi connectivity index (χ2v) is 5.21. The molecule has 0 radical (unpaired) electrons. The minimum Gasteiger partial charge on any atom is -0.441 e. The Balaban J connectivity index is 0.00000176. The molecule has 1 aromatic heterocycles. The van der Waals surface area contributed by atoms with Crippen molar-refractivity contribution in [2.45, 2.75) is 13.5 Å². The molecule has 0 atom stereocenters. The van der Waals surface area contributed by atoms with Crippen molar-refractivity contribution < 1.29 is 13.2 Å². The maximum atomic E-state index is 13.3. The standard InChI is InChI=1S/C15H17F2N3O.ClH/c1-10-14(9-20-4-2-18-3-5-20)19-15(21-10)11-6-12(16)8-13(17)7-11;/h6-8,18H,2-5,9H2,1H3;1H. The van der Waals surface area contributed by atoms with Crippen LogP contribution in [0.2, 0.25) is 0 Å². The highest BCUT2D eigenvalue weighted by Gasteiger charge is 2.17. The lowest BCUT2D eigenvalue weighted by Gasteiger charge is -2.26. The van der Waals surface area contributed by atoms with Gasteiger partial charge < -0.3 is 9.73 Å². The second-order valence-electron chi connectivity index (χ2n) is 5.21. The fourth-order valence-corrected chi connectivity index (χ4v) is 2.46. The largest absolute Gasteiger partial charge is 0.441 e. The summed E-state index contributed by atoms with van der Waals surface area (Å²) in [5, 5.41) is 3.29. The molecule has 22 heavy (non-hydrogen) atoms. The van der Waals surface area contributed by atoms with Gasteiger partial charge in [0.25, 0.3) is 0 Å². The van der Waals surface area contributed by atoms with Crippen LogP contribution in [-0.4, -0.2) is 36.1 Å². The molecule has 0 spiro atoms. The van der Waals surface area contributed by atoms with Crippen LogP contribution in [0.3, 0.4) is 0 Å². The summed E-state index contributed by atoms with van der Waals surface area (Å²) in [6, 6.07) is 3.28. The number of hydrogen-bond donors (Lipinski definition) is 1. The van der Waals surface area contributed by atoms with E-state index in [2.05, 4.69) is 15.2 Å². The Hall–Kier alpha value is -1.50. The number of hydrogen-bond acceptors (Lipinski definition) is 4. The third-order valence-electron chi connectivity index (χ3n) is 3.59. The monoisotopic (exact) mass is 329 g/mol. The van der Waals surface area contributed by atoms with Crippen LogP contribution in [0.25, 0.3) is 11.5 Å². The maximum absolute atomic E-state index is 13.3. The Labute approximate surface area is 133 Å². The molecule has 0 amide bonds. The van der Waals surface area contributed by atoms with Crippen LogP contribution in [0.5, 0.6) is 0 Å². The number of aryl methyl sites for hydroxylation is 1. The molecule has 120 valence electrons. The summed E-state index contributed by atoms with van der Waals surface area (Å²) < 4.78 is 32.1. The third kappa shape index (κ3) is 3.82. The minimum absolute atomic E-state index is 0. The first-order valence-electron chi connectivity index (χ1n) is 6.97. The predicted molar refractivity (Wildman–Crippen MR) is 82.0 cm³/mol. The Kier molecular flexibility index (Phi) is 5.50.